The molecule has 0 bridgehead atoms. The Morgan fingerprint density at radius 2 is 2.26 bits per heavy atom. The highest BCUT2D eigenvalue weighted by atomic mass is 35.5. The van der Waals surface area contributed by atoms with Crippen LogP contribution in [0.4, 0.5) is 0 Å². The SMILES string of the molecule is Cn1c(Cl)cnc1Cn1cc2c(c1)C(N)CCCC2. The molecule has 0 saturated carbocycles. The van der Waals surface area contributed by atoms with Gasteiger partial charge in [0.25, 0.3) is 0 Å². The standard InChI is InChI=1S/C14H19ClN4/c1-18-13(15)6-17-14(18)9-19-7-10-4-2-3-5-12(16)11(10)8-19/h6-8,12H,2-5,9,16H2,1H3. The zero-order valence-corrected chi connectivity index (χ0v) is 11.9. The average molecular weight is 279 g/mol. The third kappa shape index (κ3) is 2.42. The topological polar surface area (TPSA) is 48.8 Å². The molecule has 1 unspecified atom stereocenters. The fourth-order valence-electron chi connectivity index (χ4n) is 2.78. The number of hydrogen-bond donors (Lipinski definition) is 1. The number of aromatic nitrogens is 3. The van der Waals surface area contributed by atoms with Crippen molar-refractivity contribution < 1.29 is 0 Å². The van der Waals surface area contributed by atoms with Crippen LogP contribution in [-0.2, 0) is 20.0 Å². The van der Waals surface area contributed by atoms with Crippen molar-refractivity contribution in [3.8, 4) is 0 Å². The van der Waals surface area contributed by atoms with E-state index in [0.29, 0.717) is 5.15 Å². The van der Waals surface area contributed by atoms with Gasteiger partial charge in [-0.15, -0.1) is 0 Å². The van der Waals surface area contributed by atoms with Gasteiger partial charge in [0.1, 0.15) is 11.0 Å². The molecule has 2 aromatic rings. The molecule has 5 heteroatoms. The summed E-state index contributed by atoms with van der Waals surface area (Å²) in [6.45, 7) is 0.739. The van der Waals surface area contributed by atoms with E-state index in [0.717, 1.165) is 25.2 Å². The van der Waals surface area contributed by atoms with Crippen LogP contribution in [0.25, 0.3) is 0 Å². The van der Waals surface area contributed by atoms with Crippen LogP contribution in [0, 0.1) is 0 Å². The first kappa shape index (κ1) is 12.8. The van der Waals surface area contributed by atoms with Crippen LogP contribution in [0.3, 0.4) is 0 Å². The van der Waals surface area contributed by atoms with Gasteiger partial charge in [-0.2, -0.15) is 0 Å². The molecule has 1 atom stereocenters. The smallest absolute Gasteiger partial charge is 0.129 e. The predicted octanol–water partition coefficient (Wildman–Crippen LogP) is 2.65. The minimum absolute atomic E-state index is 0.184. The summed E-state index contributed by atoms with van der Waals surface area (Å²) >= 11 is 6.01. The normalized spacial score (nSPS) is 19.2. The van der Waals surface area contributed by atoms with Crippen molar-refractivity contribution in [1.82, 2.24) is 14.1 Å². The minimum atomic E-state index is 0.184. The van der Waals surface area contributed by atoms with Crippen LogP contribution in [0.1, 0.15) is 42.3 Å². The summed E-state index contributed by atoms with van der Waals surface area (Å²) in [5, 5.41) is 0.667. The molecule has 0 radical (unpaired) electrons. The number of aryl methyl sites for hydroxylation is 1. The molecule has 2 heterocycles. The van der Waals surface area contributed by atoms with E-state index in [-0.39, 0.29) is 6.04 Å². The molecule has 2 aromatic heterocycles. The zero-order valence-electron chi connectivity index (χ0n) is 11.1. The quantitative estimate of drug-likeness (QED) is 0.859. The lowest BCUT2D eigenvalue weighted by Gasteiger charge is -2.07. The summed E-state index contributed by atoms with van der Waals surface area (Å²) < 4.78 is 4.08. The lowest BCUT2D eigenvalue weighted by Crippen LogP contribution is -2.09. The van der Waals surface area contributed by atoms with Gasteiger partial charge >= 0.3 is 0 Å². The Balaban J connectivity index is 1.87. The summed E-state index contributed by atoms with van der Waals surface area (Å²) in [4.78, 5) is 4.33. The van der Waals surface area contributed by atoms with Gasteiger partial charge in [-0.25, -0.2) is 4.98 Å². The fraction of sp³-hybridized carbons (Fsp3) is 0.500. The van der Waals surface area contributed by atoms with Gasteiger partial charge in [-0.3, -0.25) is 0 Å². The second kappa shape index (κ2) is 5.02. The highest BCUT2D eigenvalue weighted by Gasteiger charge is 2.17. The molecule has 0 amide bonds. The number of halogens is 1. The van der Waals surface area contributed by atoms with Gasteiger partial charge in [0.15, 0.2) is 0 Å². The Morgan fingerprint density at radius 1 is 1.42 bits per heavy atom. The van der Waals surface area contributed by atoms with Crippen LogP contribution in [0.15, 0.2) is 18.6 Å². The van der Waals surface area contributed by atoms with Gasteiger partial charge in [0.2, 0.25) is 0 Å². The number of hydrogen-bond acceptors (Lipinski definition) is 2. The third-order valence-electron chi connectivity index (χ3n) is 3.96. The van der Waals surface area contributed by atoms with Crippen molar-refractivity contribution in [2.75, 3.05) is 0 Å². The Hall–Kier alpha value is -1.26. The van der Waals surface area contributed by atoms with E-state index in [1.807, 2.05) is 11.6 Å². The molecular weight excluding hydrogens is 260 g/mol. The maximum atomic E-state index is 6.23. The monoisotopic (exact) mass is 278 g/mol. The first-order valence-electron chi connectivity index (χ1n) is 6.75. The summed E-state index contributed by atoms with van der Waals surface area (Å²) in [6, 6.07) is 0.184. The predicted molar refractivity (Wildman–Crippen MR) is 76.2 cm³/mol. The van der Waals surface area contributed by atoms with Crippen molar-refractivity contribution >= 4 is 11.6 Å². The Labute approximate surface area is 118 Å². The number of fused-ring (bicyclic) bond motifs is 1. The summed E-state index contributed by atoms with van der Waals surface area (Å²) in [5.74, 6) is 0.962. The molecule has 2 N–H and O–H groups in total. The second-order valence-corrected chi connectivity index (χ2v) is 5.71. The molecular formula is C14H19ClN4. The lowest BCUT2D eigenvalue weighted by atomic mass is 10.1. The first-order valence-corrected chi connectivity index (χ1v) is 7.13. The first-order chi connectivity index (χ1) is 9.15. The van der Waals surface area contributed by atoms with E-state index in [1.165, 1.54) is 24.0 Å². The molecule has 3 rings (SSSR count). The number of nitrogens with zero attached hydrogens (tertiary/aromatic N) is 3. The molecule has 102 valence electrons. The molecule has 0 aromatic carbocycles. The average Bonchev–Trinajstić information content (AvgIpc) is 2.88. The van der Waals surface area contributed by atoms with Crippen molar-refractivity contribution in [1.29, 1.82) is 0 Å². The lowest BCUT2D eigenvalue weighted by molar-refractivity contribution is 0.608. The fourth-order valence-corrected chi connectivity index (χ4v) is 2.92. The van der Waals surface area contributed by atoms with Crippen molar-refractivity contribution in [2.45, 2.75) is 38.3 Å². The van der Waals surface area contributed by atoms with Crippen molar-refractivity contribution in [3.05, 3.63) is 40.7 Å². The summed E-state index contributed by atoms with van der Waals surface area (Å²) in [5.41, 5.74) is 8.93. The minimum Gasteiger partial charge on any atom is -0.346 e. The van der Waals surface area contributed by atoms with Crippen LogP contribution >= 0.6 is 11.6 Å². The van der Waals surface area contributed by atoms with Crippen LogP contribution in [-0.4, -0.2) is 14.1 Å². The van der Waals surface area contributed by atoms with Gasteiger partial charge in [0.05, 0.1) is 12.7 Å². The van der Waals surface area contributed by atoms with E-state index in [2.05, 4.69) is 21.9 Å². The Kier molecular flexibility index (Phi) is 3.37. The Morgan fingerprint density at radius 3 is 3.00 bits per heavy atom. The zero-order chi connectivity index (χ0) is 13.4. The number of nitrogens with two attached hydrogens (primary N) is 1. The van der Waals surface area contributed by atoms with E-state index in [4.69, 9.17) is 17.3 Å². The molecule has 4 nitrogen and oxygen atoms in total. The highest BCUT2D eigenvalue weighted by Crippen LogP contribution is 2.28. The molecule has 0 fully saturated rings. The molecule has 19 heavy (non-hydrogen) atoms. The van der Waals surface area contributed by atoms with Crippen molar-refractivity contribution in [3.63, 3.8) is 0 Å². The van der Waals surface area contributed by atoms with Gasteiger partial charge < -0.3 is 14.9 Å². The summed E-state index contributed by atoms with van der Waals surface area (Å²) in [7, 11) is 1.94. The summed E-state index contributed by atoms with van der Waals surface area (Å²) in [6.07, 6.45) is 10.8. The van der Waals surface area contributed by atoms with Gasteiger partial charge in [-0.05, 0) is 30.4 Å². The van der Waals surface area contributed by atoms with Gasteiger partial charge in [0, 0.05) is 25.5 Å². The van der Waals surface area contributed by atoms with Crippen LogP contribution < -0.4 is 5.73 Å². The number of rotatable bonds is 2. The van der Waals surface area contributed by atoms with Crippen LogP contribution in [0.5, 0.6) is 0 Å². The third-order valence-corrected chi connectivity index (χ3v) is 4.31. The van der Waals surface area contributed by atoms with Crippen LogP contribution in [0.2, 0.25) is 5.15 Å². The van der Waals surface area contributed by atoms with E-state index >= 15 is 0 Å². The van der Waals surface area contributed by atoms with E-state index in [1.54, 1.807) is 6.20 Å². The highest BCUT2D eigenvalue weighted by molar-refractivity contribution is 6.29. The molecule has 0 aliphatic heterocycles. The Bertz CT molecular complexity index is 584. The van der Waals surface area contributed by atoms with Crippen molar-refractivity contribution in [2.24, 2.45) is 12.8 Å². The molecule has 0 saturated heterocycles. The maximum absolute atomic E-state index is 6.23. The number of imidazole rings is 1. The molecule has 0 spiro atoms. The molecule has 1 aliphatic carbocycles. The van der Waals surface area contributed by atoms with E-state index in [9.17, 15) is 0 Å². The van der Waals surface area contributed by atoms with Gasteiger partial charge in [-0.1, -0.05) is 18.0 Å². The molecule has 1 aliphatic rings. The second-order valence-electron chi connectivity index (χ2n) is 5.32. The largest absolute Gasteiger partial charge is 0.346 e. The van der Waals surface area contributed by atoms with E-state index < -0.39 is 0 Å². The maximum Gasteiger partial charge on any atom is 0.129 e.